The average molecular weight is 267 g/mol. The highest BCUT2D eigenvalue weighted by molar-refractivity contribution is 5.81. The summed E-state index contributed by atoms with van der Waals surface area (Å²) < 4.78 is 0. The topological polar surface area (TPSA) is 61.4 Å². The van der Waals surface area contributed by atoms with Crippen LogP contribution >= 0.6 is 0 Å². The third kappa shape index (κ3) is 3.93. The monoisotopic (exact) mass is 267 g/mol. The maximum atomic E-state index is 12.1. The van der Waals surface area contributed by atoms with Gasteiger partial charge in [0.05, 0.1) is 0 Å². The zero-order valence-corrected chi connectivity index (χ0v) is 11.9. The van der Waals surface area contributed by atoms with E-state index >= 15 is 0 Å². The van der Waals surface area contributed by atoms with Crippen molar-refractivity contribution in [2.75, 3.05) is 26.7 Å². The van der Waals surface area contributed by atoms with Crippen LogP contribution in [0.4, 0.5) is 0 Å². The fourth-order valence-corrected chi connectivity index (χ4v) is 2.61. The van der Waals surface area contributed by atoms with Gasteiger partial charge in [-0.2, -0.15) is 0 Å². The first-order chi connectivity index (χ1) is 9.11. The zero-order chi connectivity index (χ0) is 13.8. The van der Waals surface area contributed by atoms with E-state index in [0.717, 1.165) is 45.3 Å². The van der Waals surface area contributed by atoms with E-state index < -0.39 is 0 Å². The molecule has 0 aromatic rings. The summed E-state index contributed by atoms with van der Waals surface area (Å²) in [7, 11) is 1.86. The lowest BCUT2D eigenvalue weighted by Gasteiger charge is -2.34. The van der Waals surface area contributed by atoms with Crippen molar-refractivity contribution in [3.63, 3.8) is 0 Å². The Labute approximate surface area is 115 Å². The summed E-state index contributed by atoms with van der Waals surface area (Å²) in [6.07, 6.45) is 3.86. The first-order valence-electron chi connectivity index (χ1n) is 7.35. The van der Waals surface area contributed by atoms with Crippen molar-refractivity contribution >= 4 is 11.8 Å². The molecule has 2 rings (SSSR count). The van der Waals surface area contributed by atoms with Crippen molar-refractivity contribution in [1.29, 1.82) is 0 Å². The maximum Gasteiger partial charge on any atom is 0.226 e. The first kappa shape index (κ1) is 14.3. The lowest BCUT2D eigenvalue weighted by molar-refractivity contribution is -0.136. The molecule has 0 aromatic carbocycles. The van der Waals surface area contributed by atoms with E-state index in [0.29, 0.717) is 0 Å². The summed E-state index contributed by atoms with van der Waals surface area (Å²) in [5.41, 5.74) is 0. The molecule has 1 aliphatic heterocycles. The summed E-state index contributed by atoms with van der Waals surface area (Å²) in [5, 5.41) is 6.14. The Morgan fingerprint density at radius 1 is 1.21 bits per heavy atom. The third-order valence-corrected chi connectivity index (χ3v) is 4.03. The molecular weight excluding hydrogens is 242 g/mol. The Morgan fingerprint density at radius 3 is 2.37 bits per heavy atom. The minimum absolute atomic E-state index is 0.0302. The van der Waals surface area contributed by atoms with E-state index in [1.807, 2.05) is 18.9 Å². The van der Waals surface area contributed by atoms with Gasteiger partial charge in [-0.25, -0.2) is 0 Å². The molecule has 2 N–H and O–H groups in total. The van der Waals surface area contributed by atoms with Crippen molar-refractivity contribution in [3.05, 3.63) is 0 Å². The Kier molecular flexibility index (Phi) is 4.80. The number of rotatable bonds is 5. The van der Waals surface area contributed by atoms with Crippen molar-refractivity contribution in [1.82, 2.24) is 15.5 Å². The molecule has 1 unspecified atom stereocenters. The molecule has 0 spiro atoms. The molecule has 108 valence electrons. The second-order valence-electron chi connectivity index (χ2n) is 5.84. The summed E-state index contributed by atoms with van der Waals surface area (Å²) in [6.45, 7) is 4.21. The van der Waals surface area contributed by atoms with Gasteiger partial charge in [0.25, 0.3) is 0 Å². The molecule has 2 aliphatic rings. The molecular formula is C14H25N3O2. The predicted octanol–water partition coefficient (Wildman–Crippen LogP) is 0.359. The number of amides is 2. The molecule has 1 heterocycles. The normalized spacial score (nSPS) is 22.1. The molecule has 1 saturated carbocycles. The fraction of sp³-hybridized carbons (Fsp3) is 0.857. The number of piperidine rings is 1. The lowest BCUT2D eigenvalue weighted by atomic mass is 10.0. The van der Waals surface area contributed by atoms with Crippen LogP contribution in [0.15, 0.2) is 0 Å². The third-order valence-electron chi connectivity index (χ3n) is 4.03. The van der Waals surface area contributed by atoms with Crippen LogP contribution in [0.2, 0.25) is 0 Å². The summed E-state index contributed by atoms with van der Waals surface area (Å²) in [6, 6.07) is 0.261. The second kappa shape index (κ2) is 6.37. The maximum absolute atomic E-state index is 12.1. The fourth-order valence-electron chi connectivity index (χ4n) is 2.61. The summed E-state index contributed by atoms with van der Waals surface area (Å²) in [5.74, 6) is 0.743. The van der Waals surface area contributed by atoms with Gasteiger partial charge in [0.1, 0.15) is 0 Å². The molecule has 5 heteroatoms. The molecule has 2 fully saturated rings. The lowest BCUT2D eigenvalue weighted by Crippen LogP contribution is -2.48. The van der Waals surface area contributed by atoms with Gasteiger partial charge in [0.2, 0.25) is 11.8 Å². The number of likely N-dealkylation sites (tertiary alicyclic amines) is 1. The van der Waals surface area contributed by atoms with Crippen LogP contribution in [0, 0.1) is 11.8 Å². The van der Waals surface area contributed by atoms with Crippen LogP contribution in [0.25, 0.3) is 0 Å². The van der Waals surface area contributed by atoms with Crippen LogP contribution in [-0.4, -0.2) is 49.4 Å². The molecule has 1 saturated heterocycles. The van der Waals surface area contributed by atoms with E-state index in [1.54, 1.807) is 0 Å². The van der Waals surface area contributed by atoms with Crippen molar-refractivity contribution < 1.29 is 9.59 Å². The van der Waals surface area contributed by atoms with Crippen LogP contribution in [0.3, 0.4) is 0 Å². The van der Waals surface area contributed by atoms with Gasteiger partial charge < -0.3 is 15.5 Å². The van der Waals surface area contributed by atoms with E-state index in [1.165, 1.54) is 0 Å². The van der Waals surface area contributed by atoms with Gasteiger partial charge in [-0.15, -0.1) is 0 Å². The van der Waals surface area contributed by atoms with Gasteiger partial charge in [0.15, 0.2) is 0 Å². The average Bonchev–Trinajstić information content (AvgIpc) is 3.23. The van der Waals surface area contributed by atoms with Gasteiger partial charge in [-0.05, 0) is 32.7 Å². The van der Waals surface area contributed by atoms with E-state index in [-0.39, 0.29) is 29.7 Å². The Hall–Kier alpha value is -1.10. The Morgan fingerprint density at radius 2 is 1.84 bits per heavy atom. The molecule has 1 atom stereocenters. The van der Waals surface area contributed by atoms with Gasteiger partial charge in [-0.1, -0.05) is 6.92 Å². The van der Waals surface area contributed by atoms with E-state index in [2.05, 4.69) is 10.6 Å². The minimum atomic E-state index is 0.0302. The van der Waals surface area contributed by atoms with Gasteiger partial charge in [-0.3, -0.25) is 9.59 Å². The van der Waals surface area contributed by atoms with E-state index in [9.17, 15) is 9.59 Å². The summed E-state index contributed by atoms with van der Waals surface area (Å²) in [4.78, 5) is 25.7. The Bertz CT molecular complexity index is 334. The number of nitrogens with one attached hydrogen (secondary N) is 2. The number of hydrogen-bond donors (Lipinski definition) is 2. The van der Waals surface area contributed by atoms with Crippen LogP contribution in [-0.2, 0) is 9.59 Å². The Balaban J connectivity index is 1.72. The molecule has 0 bridgehead atoms. The van der Waals surface area contributed by atoms with Crippen LogP contribution in [0.5, 0.6) is 0 Å². The molecule has 19 heavy (non-hydrogen) atoms. The predicted molar refractivity (Wildman–Crippen MR) is 73.6 cm³/mol. The standard InChI is InChI=1S/C14H25N3O2/c1-10(9-15-2)14(19)17-7-5-12(6-8-17)16-13(18)11-3-4-11/h10-12,15H,3-9H2,1-2H3,(H,16,18). The number of carbonyl (C=O) groups excluding carboxylic acids is 2. The molecule has 5 nitrogen and oxygen atoms in total. The highest BCUT2D eigenvalue weighted by Crippen LogP contribution is 2.29. The van der Waals surface area contributed by atoms with Gasteiger partial charge >= 0.3 is 0 Å². The number of nitrogens with zero attached hydrogens (tertiary/aromatic N) is 1. The van der Waals surface area contributed by atoms with Crippen LogP contribution in [0.1, 0.15) is 32.6 Å². The quantitative estimate of drug-likeness (QED) is 0.756. The smallest absolute Gasteiger partial charge is 0.226 e. The first-order valence-corrected chi connectivity index (χ1v) is 7.35. The highest BCUT2D eigenvalue weighted by Gasteiger charge is 2.32. The SMILES string of the molecule is CNCC(C)C(=O)N1CCC(NC(=O)C2CC2)CC1. The van der Waals surface area contributed by atoms with Crippen molar-refractivity contribution in [2.45, 2.75) is 38.6 Å². The molecule has 2 amide bonds. The highest BCUT2D eigenvalue weighted by atomic mass is 16.2. The second-order valence-corrected chi connectivity index (χ2v) is 5.84. The van der Waals surface area contributed by atoms with Crippen LogP contribution < -0.4 is 10.6 Å². The summed E-state index contributed by atoms with van der Waals surface area (Å²) >= 11 is 0. The molecule has 0 aromatic heterocycles. The van der Waals surface area contributed by atoms with Crippen molar-refractivity contribution in [3.8, 4) is 0 Å². The van der Waals surface area contributed by atoms with Crippen molar-refractivity contribution in [2.24, 2.45) is 11.8 Å². The molecule has 0 radical (unpaired) electrons. The zero-order valence-electron chi connectivity index (χ0n) is 11.9. The number of carbonyl (C=O) groups is 2. The molecule has 1 aliphatic carbocycles. The van der Waals surface area contributed by atoms with Gasteiger partial charge in [0, 0.05) is 37.5 Å². The van der Waals surface area contributed by atoms with E-state index in [4.69, 9.17) is 0 Å². The largest absolute Gasteiger partial charge is 0.353 e. The number of hydrogen-bond acceptors (Lipinski definition) is 3. The minimum Gasteiger partial charge on any atom is -0.353 e.